The Bertz CT molecular complexity index is 8530. The number of fused-ring (bicyclic) bond motifs is 14. The Kier molecular flexibility index (Phi) is 18.9. The maximum atomic E-state index is 5.87. The van der Waals surface area contributed by atoms with Gasteiger partial charge in [-0.2, -0.15) is 0 Å². The van der Waals surface area contributed by atoms with Gasteiger partial charge in [0.2, 0.25) is 0 Å². The Labute approximate surface area is 745 Å². The van der Waals surface area contributed by atoms with Crippen LogP contribution in [0.4, 0.5) is 0 Å². The fraction of sp³-hybridized carbons (Fsp3) is 0.133. The molecule has 0 amide bonds. The van der Waals surface area contributed by atoms with Crippen molar-refractivity contribution < 1.29 is 0 Å². The zero-order valence-corrected chi connectivity index (χ0v) is 74.9. The van der Waals surface area contributed by atoms with Crippen LogP contribution in [-0.4, -0.2) is 39.9 Å². The van der Waals surface area contributed by atoms with Crippen LogP contribution in [0.3, 0.4) is 0 Å². The van der Waals surface area contributed by atoms with Crippen LogP contribution in [0.1, 0.15) is 94.6 Å². The van der Waals surface area contributed by atoms with Crippen LogP contribution in [0.5, 0.6) is 0 Å². The van der Waals surface area contributed by atoms with Crippen LogP contribution in [0, 0.1) is 104 Å². The van der Waals surface area contributed by atoms with Gasteiger partial charge >= 0.3 is 0 Å². The van der Waals surface area contributed by atoms with E-state index in [4.69, 9.17) is 39.9 Å². The number of nitrogens with zero attached hydrogens (tertiary/aromatic N) is 8. The second kappa shape index (κ2) is 30.6. The van der Waals surface area contributed by atoms with Crippen molar-refractivity contribution in [3.8, 4) is 112 Å². The highest BCUT2D eigenvalue weighted by molar-refractivity contribution is 6.13. The zero-order valence-electron chi connectivity index (χ0n) is 74.9. The van der Waals surface area contributed by atoms with Gasteiger partial charge in [0.1, 0.15) is 0 Å². The van der Waals surface area contributed by atoms with E-state index < -0.39 is 0 Å². The predicted molar refractivity (Wildman–Crippen MR) is 539 cm³/mol. The minimum Gasteiger partial charge on any atom is -0.245 e. The average molecular weight is 1650 g/mol. The van der Waals surface area contributed by atoms with Crippen molar-refractivity contribution in [2.75, 3.05) is 0 Å². The highest BCUT2D eigenvalue weighted by Gasteiger charge is 2.27. The molecule has 0 unspecified atom stereocenters. The van der Waals surface area contributed by atoms with Crippen LogP contribution in [-0.2, 0) is 6.42 Å². The minimum atomic E-state index is 0.628. The van der Waals surface area contributed by atoms with Crippen LogP contribution in [0.2, 0.25) is 0 Å². The molecule has 22 rings (SSSR count). The molecule has 0 N–H and O–H groups in total. The lowest BCUT2D eigenvalue weighted by Crippen LogP contribution is -2.03. The fourth-order valence-electron chi connectivity index (χ4n) is 20.4. The number of benzene rings is 14. The van der Waals surface area contributed by atoms with Crippen LogP contribution in [0.25, 0.3) is 221 Å². The Morgan fingerprint density at radius 2 is 0.414 bits per heavy atom. The third-order valence-corrected chi connectivity index (χ3v) is 28.8. The maximum absolute atomic E-state index is 5.87. The van der Waals surface area contributed by atoms with Gasteiger partial charge in [0.15, 0.2) is 0 Å². The molecule has 8 heterocycles. The molecule has 0 aliphatic rings. The van der Waals surface area contributed by atoms with E-state index in [1.807, 2.05) is 0 Å². The molecule has 0 saturated carbocycles. The van der Waals surface area contributed by atoms with Gasteiger partial charge in [-0.15, -0.1) is 0 Å². The summed E-state index contributed by atoms with van der Waals surface area (Å²) >= 11 is 0. The second-order valence-corrected chi connectivity index (χ2v) is 35.6. The van der Waals surface area contributed by atoms with Crippen molar-refractivity contribution in [1.29, 1.82) is 0 Å². The molecule has 0 atom stereocenters. The van der Waals surface area contributed by atoms with Crippen molar-refractivity contribution in [3.05, 3.63) is 380 Å². The smallest absolute Gasteiger partial charge is 0.0975 e. The van der Waals surface area contributed by atoms with Crippen LogP contribution in [0.15, 0.2) is 285 Å². The molecule has 0 radical (unpaired) electrons. The molecule has 0 aliphatic carbocycles. The molecule has 8 aromatic heterocycles. The van der Waals surface area contributed by atoms with Gasteiger partial charge in [0.25, 0.3) is 0 Å². The lowest BCUT2D eigenvalue weighted by Gasteiger charge is -2.19. The first-order valence-corrected chi connectivity index (χ1v) is 44.6. The lowest BCUT2D eigenvalue weighted by atomic mass is 9.90. The molecule has 128 heavy (non-hydrogen) atoms. The van der Waals surface area contributed by atoms with E-state index in [9.17, 15) is 0 Å². The summed E-state index contributed by atoms with van der Waals surface area (Å²) in [6, 6.07) is 104. The minimum absolute atomic E-state index is 0.628. The summed E-state index contributed by atoms with van der Waals surface area (Å²) in [6.07, 6.45) is 0.628. The Morgan fingerprint density at radius 1 is 0.156 bits per heavy atom. The monoisotopic (exact) mass is 1650 g/mol. The fourth-order valence-corrected chi connectivity index (χ4v) is 20.4. The summed E-state index contributed by atoms with van der Waals surface area (Å²) < 4.78 is 0. The quantitative estimate of drug-likeness (QED) is 0.111. The summed E-state index contributed by atoms with van der Waals surface area (Å²) in [6.45, 7) is 33.3. The molecule has 0 aliphatic heterocycles. The third kappa shape index (κ3) is 12.7. The van der Waals surface area contributed by atoms with Crippen molar-refractivity contribution >= 4 is 109 Å². The molecular formula is C120H94N8. The van der Waals surface area contributed by atoms with Crippen LogP contribution >= 0.6 is 0 Å². The molecule has 8 heteroatoms. The number of aromatic nitrogens is 8. The van der Waals surface area contributed by atoms with Gasteiger partial charge in [0, 0.05) is 87.6 Å². The lowest BCUT2D eigenvalue weighted by molar-refractivity contribution is 1.14. The molecular weight excluding hydrogens is 1550 g/mol. The van der Waals surface area contributed by atoms with Gasteiger partial charge in [-0.3, -0.25) is 0 Å². The third-order valence-electron chi connectivity index (χ3n) is 28.8. The van der Waals surface area contributed by atoms with Crippen molar-refractivity contribution in [2.24, 2.45) is 0 Å². The van der Waals surface area contributed by atoms with Crippen molar-refractivity contribution in [3.63, 3.8) is 0 Å². The highest BCUT2D eigenvalue weighted by atomic mass is 14.8. The number of aryl methyl sites for hydroxylation is 8. The first-order valence-electron chi connectivity index (χ1n) is 44.6. The zero-order chi connectivity index (χ0) is 87.5. The Balaban J connectivity index is 0.601. The molecule has 22 aromatic rings. The Morgan fingerprint density at radius 3 is 0.805 bits per heavy atom. The molecule has 0 spiro atoms. The largest absolute Gasteiger partial charge is 0.245 e. The SMILES string of the molecule is Cc1c(-c2ccc(-c3cccc4c(-c5nc6c(ccc7c(C)c(C)c(-c8ccccc8)nc76)c(C)c5C)cccc34)cc2)nc2c(ccc3c(C)c(C)c(-c4cccc(Cc5c(-c6ccc(-c7ccc8cc(-c9nc%10c(ccc%11c(C)c(C)c(-c%12ccccc%12)nc%11%10)c(C)c9C)ccc8c7)cc6)nc6c(ccc7c(C)c(C)c(-c8ccccc8)nc76)c5C)c4)nc32)c1C. The molecule has 0 bridgehead atoms. The van der Waals surface area contributed by atoms with E-state index >= 15 is 0 Å². The summed E-state index contributed by atoms with van der Waals surface area (Å²) in [7, 11) is 0. The van der Waals surface area contributed by atoms with Gasteiger partial charge in [-0.25, -0.2) is 39.9 Å². The van der Waals surface area contributed by atoms with Gasteiger partial charge in [-0.05, 0) is 267 Å². The van der Waals surface area contributed by atoms with Crippen LogP contribution < -0.4 is 0 Å². The van der Waals surface area contributed by atoms with Crippen molar-refractivity contribution in [2.45, 2.75) is 110 Å². The number of rotatable bonds is 12. The number of hydrogen-bond donors (Lipinski definition) is 0. The second-order valence-electron chi connectivity index (χ2n) is 35.6. The van der Waals surface area contributed by atoms with E-state index in [1.54, 1.807) is 0 Å². The standard InChI is InChI=1S/C120H94N8/c1-64-71(8)105(82-29-19-16-20-30-82)121-113-92(64)52-55-96-69(6)76(13)110(126-116(96)113)91-51-50-88-62-87(48-49-89(88)63-91)80-40-44-86(45-41-80)112-104(78(15)99-59-58-97-66(3)73(10)107(84-33-23-18-24-34-84)123-118(97)120(99)128-112)61-79-28-25-35-90(60-79)109-75(12)68(5)95-54-53-93-67(4)74(11)108(124-114(93)115(95)125-109)85-46-42-81(43-47-85)100-36-26-38-102-101(100)37-27-39-103(102)111-77(14)70(7)98-57-56-94-65(2)72(9)106(83-31-21-17-22-32-83)122-117(94)119(98)127-111/h16-60,62-63H,61H2,1-15H3. The normalized spacial score (nSPS) is 11.9. The van der Waals surface area contributed by atoms with E-state index in [0.717, 1.165) is 244 Å². The summed E-state index contributed by atoms with van der Waals surface area (Å²) in [5, 5.41) is 13.5. The maximum Gasteiger partial charge on any atom is 0.0975 e. The summed E-state index contributed by atoms with van der Waals surface area (Å²) in [5.41, 5.74) is 48.4. The van der Waals surface area contributed by atoms with E-state index in [2.05, 4.69) is 389 Å². The first-order chi connectivity index (χ1) is 62.2. The van der Waals surface area contributed by atoms with E-state index in [-0.39, 0.29) is 0 Å². The predicted octanol–water partition coefficient (Wildman–Crippen LogP) is 31.3. The van der Waals surface area contributed by atoms with Crippen molar-refractivity contribution in [1.82, 2.24) is 39.9 Å². The average Bonchev–Trinajstić information content (AvgIpc) is 0.747. The van der Waals surface area contributed by atoms with E-state index in [0.29, 0.717) is 6.42 Å². The van der Waals surface area contributed by atoms with E-state index in [1.165, 1.54) is 72.1 Å². The van der Waals surface area contributed by atoms with Gasteiger partial charge in [0.05, 0.1) is 89.7 Å². The number of hydrogen-bond acceptors (Lipinski definition) is 8. The van der Waals surface area contributed by atoms with Gasteiger partial charge < -0.3 is 0 Å². The highest BCUT2D eigenvalue weighted by Crippen LogP contribution is 2.46. The summed E-state index contributed by atoms with van der Waals surface area (Å²) in [5.74, 6) is 0. The first kappa shape index (κ1) is 78.8. The number of pyridine rings is 8. The molecule has 614 valence electrons. The molecule has 0 fully saturated rings. The molecule has 14 aromatic carbocycles. The Hall–Kier alpha value is -15.1. The molecule has 8 nitrogen and oxygen atoms in total. The molecule has 0 saturated heterocycles. The summed E-state index contributed by atoms with van der Waals surface area (Å²) in [4.78, 5) is 44.9. The topological polar surface area (TPSA) is 103 Å². The van der Waals surface area contributed by atoms with Gasteiger partial charge in [-0.1, -0.05) is 267 Å².